The minimum absolute atomic E-state index is 0.00697. The molecular weight excluding hydrogens is 176 g/mol. The van der Waals surface area contributed by atoms with Crippen molar-refractivity contribution >= 4 is 0 Å². The van der Waals surface area contributed by atoms with Gasteiger partial charge in [0.1, 0.15) is 5.75 Å². The Hall–Kier alpha value is -1.96. The van der Waals surface area contributed by atoms with Gasteiger partial charge in [0.05, 0.1) is 0 Å². The molecule has 0 saturated heterocycles. The number of aromatic hydroxyl groups is 1. The van der Waals surface area contributed by atoms with Crippen molar-refractivity contribution in [3.8, 4) is 22.6 Å². The van der Waals surface area contributed by atoms with Crippen molar-refractivity contribution in [2.75, 3.05) is 0 Å². The van der Waals surface area contributed by atoms with Gasteiger partial charge in [0.15, 0.2) is 5.75 Å². The molecule has 0 saturated carbocycles. The van der Waals surface area contributed by atoms with E-state index in [0.29, 0.717) is 0 Å². The second-order valence-corrected chi connectivity index (χ2v) is 3.07. The summed E-state index contributed by atoms with van der Waals surface area (Å²) < 4.78 is 0. The molecule has 0 aliphatic carbocycles. The van der Waals surface area contributed by atoms with Crippen molar-refractivity contribution in [3.05, 3.63) is 48.5 Å². The van der Waals surface area contributed by atoms with Crippen LogP contribution in [0.5, 0.6) is 11.5 Å². The molecule has 2 heteroatoms. The van der Waals surface area contributed by atoms with Gasteiger partial charge in [-0.3, -0.25) is 5.11 Å². The fourth-order valence-electron chi connectivity index (χ4n) is 1.30. The van der Waals surface area contributed by atoms with Gasteiger partial charge in [0.25, 0.3) is 0 Å². The molecule has 0 amide bonds. The lowest BCUT2D eigenvalue weighted by Crippen LogP contribution is -1.75. The third-order valence-corrected chi connectivity index (χ3v) is 2.05. The zero-order valence-corrected chi connectivity index (χ0v) is 7.47. The maximum Gasteiger partial charge on any atom is 0.178 e. The third kappa shape index (κ3) is 1.69. The minimum atomic E-state index is 0.00697. The lowest BCUT2D eigenvalue weighted by Gasteiger charge is -2.00. The van der Waals surface area contributed by atoms with Gasteiger partial charge < -0.3 is 5.11 Å². The summed E-state index contributed by atoms with van der Waals surface area (Å²) in [5.74, 6) is 0.252. The van der Waals surface area contributed by atoms with Gasteiger partial charge in [0.2, 0.25) is 0 Å². The quantitative estimate of drug-likeness (QED) is 0.728. The Morgan fingerprint density at radius 2 is 1.14 bits per heavy atom. The first-order chi connectivity index (χ1) is 6.75. The number of benzene rings is 2. The zero-order chi connectivity index (χ0) is 9.97. The normalized spacial score (nSPS) is 10.0. The highest BCUT2D eigenvalue weighted by atomic mass is 16.3. The highest BCUT2D eigenvalue weighted by Gasteiger charge is 1.97. The smallest absolute Gasteiger partial charge is 0.178 e. The lowest BCUT2D eigenvalue weighted by atomic mass is 10.1. The summed E-state index contributed by atoms with van der Waals surface area (Å²) in [5, 5.41) is 20.0. The lowest BCUT2D eigenvalue weighted by molar-refractivity contribution is 0.355. The highest BCUT2D eigenvalue weighted by molar-refractivity contribution is 5.64. The Bertz CT molecular complexity index is 372. The Labute approximate surface area is 82.1 Å². The van der Waals surface area contributed by atoms with E-state index in [1.165, 1.54) is 12.1 Å². The van der Waals surface area contributed by atoms with Crippen molar-refractivity contribution in [3.63, 3.8) is 0 Å². The molecule has 0 bridgehead atoms. The first kappa shape index (κ1) is 8.63. The average molecular weight is 185 g/mol. The average Bonchev–Trinajstić information content (AvgIpc) is 2.21. The Kier molecular flexibility index (Phi) is 2.11. The fraction of sp³-hybridized carbons (Fsp3) is 0. The molecule has 0 aromatic heterocycles. The molecule has 14 heavy (non-hydrogen) atoms. The predicted molar refractivity (Wildman–Crippen MR) is 53.7 cm³/mol. The van der Waals surface area contributed by atoms with Gasteiger partial charge in [-0.05, 0) is 35.4 Å². The molecule has 2 rings (SSSR count). The molecule has 0 aliphatic rings. The third-order valence-electron chi connectivity index (χ3n) is 2.05. The molecule has 0 heterocycles. The van der Waals surface area contributed by atoms with Crippen LogP contribution in [-0.2, 0) is 5.11 Å². The fourth-order valence-corrected chi connectivity index (χ4v) is 1.30. The van der Waals surface area contributed by atoms with Crippen LogP contribution in [0.2, 0.25) is 0 Å². The predicted octanol–water partition coefficient (Wildman–Crippen LogP) is 3.20. The summed E-state index contributed by atoms with van der Waals surface area (Å²) >= 11 is 0. The molecule has 0 fully saturated rings. The number of hydrogen-bond acceptors (Lipinski definition) is 1. The van der Waals surface area contributed by atoms with Crippen LogP contribution in [0.3, 0.4) is 0 Å². The molecule has 0 atom stereocenters. The summed E-state index contributed by atoms with van der Waals surface area (Å²) in [6, 6.07) is 13.5. The Balaban J connectivity index is 2.40. The summed E-state index contributed by atoms with van der Waals surface area (Å²) in [5.41, 5.74) is 1.97. The van der Waals surface area contributed by atoms with Crippen LogP contribution < -0.4 is 0 Å². The standard InChI is InChI=1S/C12H9O2/c13-11-5-1-9(2-6-11)10-3-7-12(14)8-4-10/h1-8,13H. The summed E-state index contributed by atoms with van der Waals surface area (Å²) in [7, 11) is 0. The maximum absolute atomic E-state index is 10.9. The summed E-state index contributed by atoms with van der Waals surface area (Å²) in [6.45, 7) is 0. The van der Waals surface area contributed by atoms with E-state index in [4.69, 9.17) is 5.11 Å². The second kappa shape index (κ2) is 3.42. The van der Waals surface area contributed by atoms with Crippen LogP contribution in [0, 0.1) is 0 Å². The molecule has 69 valence electrons. The van der Waals surface area contributed by atoms with E-state index in [9.17, 15) is 5.11 Å². The topological polar surface area (TPSA) is 40.1 Å². The van der Waals surface area contributed by atoms with E-state index in [1.54, 1.807) is 24.3 Å². The van der Waals surface area contributed by atoms with Crippen molar-refractivity contribution in [2.45, 2.75) is 0 Å². The van der Waals surface area contributed by atoms with Gasteiger partial charge in [-0.15, -0.1) is 0 Å². The largest absolute Gasteiger partial charge is 0.508 e. The van der Waals surface area contributed by atoms with Crippen LogP contribution in [0.4, 0.5) is 0 Å². The number of phenolic OH excluding ortho intramolecular Hbond substituents is 1. The van der Waals surface area contributed by atoms with Crippen LogP contribution in [0.25, 0.3) is 11.1 Å². The summed E-state index contributed by atoms with van der Waals surface area (Å²) in [4.78, 5) is 0. The van der Waals surface area contributed by atoms with E-state index in [2.05, 4.69) is 0 Å². The van der Waals surface area contributed by atoms with Crippen LogP contribution in [0.1, 0.15) is 0 Å². The monoisotopic (exact) mass is 185 g/mol. The van der Waals surface area contributed by atoms with Crippen molar-refractivity contribution in [1.29, 1.82) is 0 Å². The van der Waals surface area contributed by atoms with E-state index in [0.717, 1.165) is 11.1 Å². The van der Waals surface area contributed by atoms with E-state index < -0.39 is 0 Å². The van der Waals surface area contributed by atoms with E-state index >= 15 is 0 Å². The molecule has 0 unspecified atom stereocenters. The van der Waals surface area contributed by atoms with Crippen molar-refractivity contribution in [2.24, 2.45) is 0 Å². The minimum Gasteiger partial charge on any atom is -0.508 e. The molecule has 2 aromatic rings. The molecule has 0 aliphatic heterocycles. The number of hydrogen-bond donors (Lipinski definition) is 1. The molecular formula is C12H9O2. The van der Waals surface area contributed by atoms with Gasteiger partial charge >= 0.3 is 0 Å². The number of rotatable bonds is 1. The highest BCUT2D eigenvalue weighted by Crippen LogP contribution is 2.23. The molecule has 0 spiro atoms. The van der Waals surface area contributed by atoms with Gasteiger partial charge in [0, 0.05) is 0 Å². The molecule has 2 nitrogen and oxygen atoms in total. The van der Waals surface area contributed by atoms with E-state index in [-0.39, 0.29) is 11.5 Å². The first-order valence-corrected chi connectivity index (χ1v) is 4.32. The second-order valence-electron chi connectivity index (χ2n) is 3.07. The molecule has 1 N–H and O–H groups in total. The SMILES string of the molecule is [O]c1ccc(-c2ccc(O)cc2)cc1. The Morgan fingerprint density at radius 1 is 0.714 bits per heavy atom. The van der Waals surface area contributed by atoms with Crippen molar-refractivity contribution < 1.29 is 10.2 Å². The van der Waals surface area contributed by atoms with Crippen molar-refractivity contribution in [1.82, 2.24) is 0 Å². The molecule has 2 aromatic carbocycles. The molecule has 1 radical (unpaired) electrons. The van der Waals surface area contributed by atoms with Crippen LogP contribution >= 0.6 is 0 Å². The van der Waals surface area contributed by atoms with Gasteiger partial charge in [-0.2, -0.15) is 0 Å². The maximum atomic E-state index is 10.9. The summed E-state index contributed by atoms with van der Waals surface area (Å²) in [6.07, 6.45) is 0. The van der Waals surface area contributed by atoms with Crippen LogP contribution in [0.15, 0.2) is 48.5 Å². The van der Waals surface area contributed by atoms with E-state index in [1.807, 2.05) is 12.1 Å². The first-order valence-electron chi connectivity index (χ1n) is 4.32. The number of phenols is 1. The Morgan fingerprint density at radius 3 is 1.64 bits per heavy atom. The van der Waals surface area contributed by atoms with Gasteiger partial charge in [-0.1, -0.05) is 24.3 Å². The van der Waals surface area contributed by atoms with Gasteiger partial charge in [-0.25, -0.2) is 0 Å². The van der Waals surface area contributed by atoms with Crippen LogP contribution in [-0.4, -0.2) is 5.11 Å². The zero-order valence-electron chi connectivity index (χ0n) is 7.47.